The van der Waals surface area contributed by atoms with E-state index in [2.05, 4.69) is 0 Å². The summed E-state index contributed by atoms with van der Waals surface area (Å²) in [5.74, 6) is 2.34. The molecule has 2 bridgehead atoms. The van der Waals surface area contributed by atoms with E-state index in [4.69, 9.17) is 4.74 Å². The summed E-state index contributed by atoms with van der Waals surface area (Å²) >= 11 is 0. The van der Waals surface area contributed by atoms with Crippen molar-refractivity contribution in [2.24, 2.45) is 17.8 Å². The zero-order chi connectivity index (χ0) is 17.7. The Morgan fingerprint density at radius 1 is 1.12 bits per heavy atom. The molecule has 4 aliphatic carbocycles. The monoisotopic (exact) mass is 356 g/mol. The maximum Gasteiger partial charge on any atom is 0.165 e. The zero-order valence-corrected chi connectivity index (χ0v) is 15.2. The topological polar surface area (TPSA) is 69.9 Å². The van der Waals surface area contributed by atoms with Crippen molar-refractivity contribution in [1.82, 2.24) is 0 Å². The largest absolute Gasteiger partial charge is 0.504 e. The minimum absolute atomic E-state index is 0.150. The van der Waals surface area contributed by atoms with Gasteiger partial charge in [0.2, 0.25) is 0 Å². The Bertz CT molecular complexity index is 772. The van der Waals surface area contributed by atoms with Crippen LogP contribution in [0.15, 0.2) is 12.1 Å². The van der Waals surface area contributed by atoms with E-state index in [9.17, 15) is 15.3 Å². The van der Waals surface area contributed by atoms with E-state index >= 15 is 0 Å². The fourth-order valence-electron chi connectivity index (χ4n) is 7.39. The molecule has 1 spiro atoms. The van der Waals surface area contributed by atoms with Gasteiger partial charge in [-0.25, -0.2) is 0 Å². The van der Waals surface area contributed by atoms with Crippen LogP contribution in [0.25, 0.3) is 0 Å². The number of hydrogen-bond donors (Lipinski definition) is 3. The molecule has 0 saturated heterocycles. The Labute approximate surface area is 154 Å². The standard InChI is InChI=1S/C22H28O4/c23-16-5-4-14-11-15-13(10-12-2-1-3-12)6-8-21-18(14)19(16)26-20(21)17(24)7-9-22(15,21)25/h4-5,12-13,15,17,20,23-25H,1-3,6-11H2/t13?,15-,17?,20-,21-,22+/m0/s1. The smallest absolute Gasteiger partial charge is 0.165 e. The van der Waals surface area contributed by atoms with Crippen LogP contribution in [-0.2, 0) is 11.8 Å². The molecule has 6 rings (SSSR count). The number of aliphatic hydroxyl groups excluding tert-OH is 1. The van der Waals surface area contributed by atoms with E-state index in [0.717, 1.165) is 30.7 Å². The first-order valence-electron chi connectivity index (χ1n) is 10.5. The third-order valence-electron chi connectivity index (χ3n) is 8.74. The maximum absolute atomic E-state index is 12.1. The minimum Gasteiger partial charge on any atom is -0.504 e. The normalized spacial score (nSPS) is 45.6. The summed E-state index contributed by atoms with van der Waals surface area (Å²) in [5.41, 5.74) is 0.896. The van der Waals surface area contributed by atoms with Crippen LogP contribution in [-0.4, -0.2) is 33.1 Å². The van der Waals surface area contributed by atoms with Crippen LogP contribution in [0, 0.1) is 17.8 Å². The molecule has 4 heteroatoms. The molecule has 0 aromatic heterocycles. The first-order chi connectivity index (χ1) is 12.5. The molecule has 1 aromatic rings. The van der Waals surface area contributed by atoms with Crippen LogP contribution in [0.5, 0.6) is 11.5 Å². The first-order valence-corrected chi connectivity index (χ1v) is 10.5. The van der Waals surface area contributed by atoms with Gasteiger partial charge in [-0.1, -0.05) is 25.3 Å². The lowest BCUT2D eigenvalue weighted by Crippen LogP contribution is -2.72. The summed E-state index contributed by atoms with van der Waals surface area (Å²) in [5, 5.41) is 33.3. The average Bonchev–Trinajstić information content (AvgIpc) is 2.93. The van der Waals surface area contributed by atoms with Crippen molar-refractivity contribution in [1.29, 1.82) is 0 Å². The van der Waals surface area contributed by atoms with Crippen LogP contribution in [0.1, 0.15) is 62.5 Å². The number of benzene rings is 1. The van der Waals surface area contributed by atoms with Gasteiger partial charge in [-0.2, -0.15) is 0 Å². The van der Waals surface area contributed by atoms with Gasteiger partial charge in [0, 0.05) is 5.56 Å². The summed E-state index contributed by atoms with van der Waals surface area (Å²) < 4.78 is 6.18. The second kappa shape index (κ2) is 4.96. The van der Waals surface area contributed by atoms with E-state index < -0.39 is 23.2 Å². The maximum atomic E-state index is 12.1. The zero-order valence-electron chi connectivity index (χ0n) is 15.2. The Morgan fingerprint density at radius 3 is 2.73 bits per heavy atom. The number of rotatable bonds is 2. The number of phenols is 1. The van der Waals surface area contributed by atoms with Gasteiger partial charge in [-0.3, -0.25) is 0 Å². The van der Waals surface area contributed by atoms with Crippen molar-refractivity contribution in [3.63, 3.8) is 0 Å². The molecule has 2 unspecified atom stereocenters. The van der Waals surface area contributed by atoms with Crippen LogP contribution in [0.4, 0.5) is 0 Å². The average molecular weight is 356 g/mol. The summed E-state index contributed by atoms with van der Waals surface area (Å²) in [7, 11) is 0. The predicted octanol–water partition coefficient (Wildman–Crippen LogP) is 3.05. The molecular formula is C22H28O4. The molecule has 5 aliphatic rings. The first kappa shape index (κ1) is 15.8. The van der Waals surface area contributed by atoms with E-state index in [0.29, 0.717) is 24.5 Å². The van der Waals surface area contributed by atoms with E-state index in [1.165, 1.54) is 31.2 Å². The molecule has 3 fully saturated rings. The van der Waals surface area contributed by atoms with Crippen LogP contribution in [0.2, 0.25) is 0 Å². The minimum atomic E-state index is -0.810. The second-order valence-electron chi connectivity index (χ2n) is 9.63. The van der Waals surface area contributed by atoms with Gasteiger partial charge in [0.1, 0.15) is 6.10 Å². The highest BCUT2D eigenvalue weighted by Gasteiger charge is 2.72. The number of phenolic OH excluding ortho intramolecular Hbond substituents is 1. The van der Waals surface area contributed by atoms with Gasteiger partial charge in [-0.15, -0.1) is 0 Å². The fraction of sp³-hybridized carbons (Fsp3) is 0.727. The second-order valence-corrected chi connectivity index (χ2v) is 9.63. The highest BCUT2D eigenvalue weighted by molar-refractivity contribution is 5.62. The fourth-order valence-corrected chi connectivity index (χ4v) is 7.39. The molecule has 140 valence electrons. The molecule has 1 heterocycles. The lowest BCUT2D eigenvalue weighted by molar-refractivity contribution is -0.210. The van der Waals surface area contributed by atoms with E-state index in [1.807, 2.05) is 6.07 Å². The molecular weight excluding hydrogens is 328 g/mol. The quantitative estimate of drug-likeness (QED) is 0.762. The summed E-state index contributed by atoms with van der Waals surface area (Å²) in [4.78, 5) is 0. The van der Waals surface area contributed by atoms with E-state index in [-0.39, 0.29) is 11.7 Å². The van der Waals surface area contributed by atoms with E-state index in [1.54, 1.807) is 6.07 Å². The highest BCUT2D eigenvalue weighted by atomic mass is 16.5. The Hall–Kier alpha value is -1.26. The van der Waals surface area contributed by atoms with Crippen molar-refractivity contribution in [3.05, 3.63) is 23.3 Å². The lowest BCUT2D eigenvalue weighted by atomic mass is 9.43. The molecule has 0 radical (unpaired) electrons. The Kier molecular flexibility index (Phi) is 3.01. The number of aromatic hydroxyl groups is 1. The third-order valence-corrected chi connectivity index (χ3v) is 8.74. The molecule has 6 atom stereocenters. The summed E-state index contributed by atoms with van der Waals surface area (Å²) in [6, 6.07) is 3.76. The van der Waals surface area contributed by atoms with Gasteiger partial charge >= 0.3 is 0 Å². The van der Waals surface area contributed by atoms with Crippen LogP contribution >= 0.6 is 0 Å². The molecule has 3 saturated carbocycles. The van der Waals surface area contributed by atoms with Crippen molar-refractivity contribution in [3.8, 4) is 11.5 Å². The summed E-state index contributed by atoms with van der Waals surface area (Å²) in [6.45, 7) is 0. The number of aliphatic hydroxyl groups is 2. The highest BCUT2D eigenvalue weighted by Crippen LogP contribution is 2.68. The Morgan fingerprint density at radius 2 is 1.96 bits per heavy atom. The van der Waals surface area contributed by atoms with Crippen LogP contribution < -0.4 is 4.74 Å². The lowest BCUT2D eigenvalue weighted by Gasteiger charge is -2.63. The molecule has 1 aliphatic heterocycles. The van der Waals surface area contributed by atoms with Gasteiger partial charge in [0.15, 0.2) is 11.5 Å². The number of ether oxygens (including phenoxy) is 1. The SMILES string of the molecule is Oc1ccc2c3c1O[C@H]1C(O)CC[C@@]4(O)[C@@H](C2)C(CC2CCC2)CC[C@]314. The molecule has 4 nitrogen and oxygen atoms in total. The van der Waals surface area contributed by atoms with Crippen molar-refractivity contribution >= 4 is 0 Å². The molecule has 3 N–H and O–H groups in total. The van der Waals surface area contributed by atoms with Crippen molar-refractivity contribution in [2.75, 3.05) is 0 Å². The van der Waals surface area contributed by atoms with Gasteiger partial charge in [0.05, 0.1) is 17.1 Å². The third kappa shape index (κ3) is 1.65. The van der Waals surface area contributed by atoms with Gasteiger partial charge < -0.3 is 20.1 Å². The van der Waals surface area contributed by atoms with Gasteiger partial charge in [-0.05, 0) is 67.9 Å². The molecule has 0 amide bonds. The molecule has 26 heavy (non-hydrogen) atoms. The predicted molar refractivity (Wildman–Crippen MR) is 96.3 cm³/mol. The number of hydrogen-bond acceptors (Lipinski definition) is 4. The van der Waals surface area contributed by atoms with Crippen molar-refractivity contribution < 1.29 is 20.1 Å². The van der Waals surface area contributed by atoms with Crippen LogP contribution in [0.3, 0.4) is 0 Å². The molecule has 1 aromatic carbocycles. The van der Waals surface area contributed by atoms with Gasteiger partial charge in [0.25, 0.3) is 0 Å². The van der Waals surface area contributed by atoms with Crippen molar-refractivity contribution in [2.45, 2.75) is 81.0 Å². The summed E-state index contributed by atoms with van der Waals surface area (Å²) in [6.07, 6.45) is 8.40. The Balaban J connectivity index is 1.52.